The van der Waals surface area contributed by atoms with Crippen LogP contribution in [0.2, 0.25) is 0 Å². The molecule has 0 aliphatic carbocycles. The van der Waals surface area contributed by atoms with Crippen LogP contribution in [0.15, 0.2) is 60.7 Å². The van der Waals surface area contributed by atoms with Crippen molar-refractivity contribution in [3.8, 4) is 5.75 Å². The van der Waals surface area contributed by atoms with E-state index in [1.54, 1.807) is 54.6 Å². The highest BCUT2D eigenvalue weighted by Gasteiger charge is 2.29. The number of nitrogens with one attached hydrogen (secondary N) is 1. The van der Waals surface area contributed by atoms with Crippen LogP contribution in [0.4, 0.5) is 11.4 Å². The lowest BCUT2D eigenvalue weighted by Crippen LogP contribution is -2.21. The van der Waals surface area contributed by atoms with Gasteiger partial charge in [-0.1, -0.05) is 50.3 Å². The van der Waals surface area contributed by atoms with E-state index in [1.807, 2.05) is 13.8 Å². The highest BCUT2D eigenvalue weighted by atomic mass is 16.5. The average molecular weight is 370 g/mol. The number of aliphatic hydroxyl groups excluding tert-OH is 2. The van der Waals surface area contributed by atoms with Crippen LogP contribution in [-0.4, -0.2) is 29.3 Å². The summed E-state index contributed by atoms with van der Waals surface area (Å²) in [5.41, 5.74) is 6.69. The van der Waals surface area contributed by atoms with E-state index in [9.17, 15) is 9.90 Å². The van der Waals surface area contributed by atoms with Gasteiger partial charge in [0.25, 0.3) is 0 Å². The van der Waals surface area contributed by atoms with Gasteiger partial charge in [-0.3, -0.25) is 4.79 Å². The summed E-state index contributed by atoms with van der Waals surface area (Å²) in [4.78, 5) is 12.2. The molecule has 0 radical (unpaired) electrons. The summed E-state index contributed by atoms with van der Waals surface area (Å²) in [6, 6.07) is 14.1. The number of para-hydroxylation sites is 3. The van der Waals surface area contributed by atoms with E-state index in [2.05, 4.69) is 5.32 Å². The number of benzene rings is 2. The summed E-state index contributed by atoms with van der Waals surface area (Å²) < 4.78 is 5.49. The number of anilines is 2. The van der Waals surface area contributed by atoms with Crippen molar-refractivity contribution in [1.82, 2.24) is 0 Å². The number of ether oxygens (including phenoxy) is 1. The lowest BCUT2D eigenvalue weighted by Gasteiger charge is -2.29. The largest absolute Gasteiger partial charge is 0.491 e. The van der Waals surface area contributed by atoms with Gasteiger partial charge in [0.1, 0.15) is 12.4 Å². The van der Waals surface area contributed by atoms with E-state index < -0.39 is 11.5 Å². The van der Waals surface area contributed by atoms with Gasteiger partial charge in [-0.2, -0.15) is 0 Å². The minimum Gasteiger partial charge on any atom is -0.491 e. The molecule has 144 valence electrons. The lowest BCUT2D eigenvalue weighted by molar-refractivity contribution is -0.112. The van der Waals surface area contributed by atoms with Crippen molar-refractivity contribution in [3.63, 3.8) is 0 Å². The third kappa shape index (κ3) is 5.57. The van der Waals surface area contributed by atoms with E-state index in [-0.39, 0.29) is 19.1 Å². The van der Waals surface area contributed by atoms with Crippen LogP contribution in [0.25, 0.3) is 0 Å². The Labute approximate surface area is 159 Å². The lowest BCUT2D eigenvalue weighted by atomic mass is 9.82. The van der Waals surface area contributed by atoms with E-state index in [0.29, 0.717) is 22.7 Å². The number of amides is 1. The van der Waals surface area contributed by atoms with Crippen LogP contribution in [0.1, 0.15) is 25.5 Å². The Bertz CT molecular complexity index is 802. The van der Waals surface area contributed by atoms with Crippen LogP contribution in [0.3, 0.4) is 0 Å². The molecule has 0 saturated carbocycles. The number of carbonyl (C=O) groups is 1. The molecule has 0 aliphatic heterocycles. The monoisotopic (exact) mass is 370 g/mol. The van der Waals surface area contributed by atoms with Gasteiger partial charge < -0.3 is 26.0 Å². The van der Waals surface area contributed by atoms with Crippen molar-refractivity contribution in [2.75, 3.05) is 24.3 Å². The Hall–Kier alpha value is -2.83. The Kier molecular flexibility index (Phi) is 6.98. The van der Waals surface area contributed by atoms with Crippen LogP contribution >= 0.6 is 0 Å². The Morgan fingerprint density at radius 3 is 2.59 bits per heavy atom. The van der Waals surface area contributed by atoms with Crippen LogP contribution in [0, 0.1) is 5.41 Å². The molecule has 2 rings (SSSR count). The fourth-order valence-corrected chi connectivity index (χ4v) is 2.56. The minimum absolute atomic E-state index is 0.115. The summed E-state index contributed by atoms with van der Waals surface area (Å²) in [5, 5.41) is 22.5. The minimum atomic E-state index is -0.904. The molecule has 6 nitrogen and oxygen atoms in total. The maximum atomic E-state index is 12.2. The predicted octanol–water partition coefficient (Wildman–Crippen LogP) is 2.89. The number of aliphatic hydroxyl groups is 2. The molecule has 27 heavy (non-hydrogen) atoms. The van der Waals surface area contributed by atoms with Gasteiger partial charge in [0.05, 0.1) is 24.1 Å². The first-order valence-electron chi connectivity index (χ1n) is 8.70. The van der Waals surface area contributed by atoms with Gasteiger partial charge in [0.15, 0.2) is 0 Å². The molecule has 2 aromatic rings. The maximum Gasteiger partial charge on any atom is 0.248 e. The molecule has 0 saturated heterocycles. The predicted molar refractivity (Wildman–Crippen MR) is 106 cm³/mol. The molecular weight excluding hydrogens is 344 g/mol. The molecule has 0 aliphatic rings. The number of rotatable bonds is 8. The molecule has 6 heteroatoms. The molecule has 1 amide bonds. The van der Waals surface area contributed by atoms with Crippen molar-refractivity contribution in [1.29, 1.82) is 0 Å². The summed E-state index contributed by atoms with van der Waals surface area (Å²) in [5.74, 6) is 0.167. The van der Waals surface area contributed by atoms with Gasteiger partial charge in [-0.25, -0.2) is 0 Å². The van der Waals surface area contributed by atoms with Crippen LogP contribution in [-0.2, 0) is 4.79 Å². The summed E-state index contributed by atoms with van der Waals surface area (Å²) in [6.45, 7) is 3.67. The quantitative estimate of drug-likeness (QED) is 0.422. The van der Waals surface area contributed by atoms with Gasteiger partial charge >= 0.3 is 0 Å². The summed E-state index contributed by atoms with van der Waals surface area (Å²) in [7, 11) is 0. The second-order valence-electron chi connectivity index (χ2n) is 6.74. The van der Waals surface area contributed by atoms with Gasteiger partial charge in [0.2, 0.25) is 5.91 Å². The molecule has 5 N–H and O–H groups in total. The van der Waals surface area contributed by atoms with E-state index in [4.69, 9.17) is 15.6 Å². The number of carbonyl (C=O) groups excluding carboxylic acids is 1. The fraction of sp³-hybridized carbons (Fsp3) is 0.286. The van der Waals surface area contributed by atoms with Crippen molar-refractivity contribution < 1.29 is 19.7 Å². The van der Waals surface area contributed by atoms with Gasteiger partial charge in [-0.15, -0.1) is 0 Å². The number of hydrogen-bond donors (Lipinski definition) is 4. The Morgan fingerprint density at radius 2 is 1.89 bits per heavy atom. The van der Waals surface area contributed by atoms with E-state index >= 15 is 0 Å². The molecule has 0 spiro atoms. The van der Waals surface area contributed by atoms with Gasteiger partial charge in [0, 0.05) is 11.0 Å². The molecule has 0 aromatic heterocycles. The molecule has 1 atom stereocenters. The zero-order valence-corrected chi connectivity index (χ0v) is 15.6. The topological polar surface area (TPSA) is 105 Å². The number of nitrogens with two attached hydrogens (primary N) is 1. The second kappa shape index (κ2) is 9.21. The molecule has 0 fully saturated rings. The first-order chi connectivity index (χ1) is 12.8. The molecule has 0 heterocycles. The number of hydrogen-bond acceptors (Lipinski definition) is 5. The third-order valence-electron chi connectivity index (χ3n) is 4.15. The van der Waals surface area contributed by atoms with Crippen molar-refractivity contribution in [2.24, 2.45) is 5.41 Å². The summed E-state index contributed by atoms with van der Waals surface area (Å²) >= 11 is 0. The molecular formula is C21H26N2O4. The molecule has 0 bridgehead atoms. The molecule has 2 aromatic carbocycles. The van der Waals surface area contributed by atoms with Crippen molar-refractivity contribution in [2.45, 2.75) is 20.0 Å². The van der Waals surface area contributed by atoms with Gasteiger partial charge in [-0.05, 0) is 24.3 Å². The Morgan fingerprint density at radius 1 is 1.22 bits per heavy atom. The number of nitrogen functional groups attached to an aromatic ring is 1. The standard InChI is InChI=1S/C21H26N2O4/c1-21(2,12-11-19(25)23-17-9-5-4-8-16(17)22)20(26)15-7-3-6-10-18(15)27-14-13-24/h3-12,20,24,26H,13-14,22H2,1-2H3,(H,23,25)/b12-11+/t20-/m0/s1. The third-order valence-corrected chi connectivity index (χ3v) is 4.15. The normalized spacial score (nSPS) is 12.7. The van der Waals surface area contributed by atoms with Crippen LogP contribution < -0.4 is 15.8 Å². The highest BCUT2D eigenvalue weighted by Crippen LogP contribution is 2.38. The Balaban J connectivity index is 2.12. The highest BCUT2D eigenvalue weighted by molar-refractivity contribution is 6.01. The average Bonchev–Trinajstić information content (AvgIpc) is 2.66. The maximum absolute atomic E-state index is 12.2. The first kappa shape index (κ1) is 20.5. The zero-order valence-electron chi connectivity index (χ0n) is 15.6. The van der Waals surface area contributed by atoms with E-state index in [0.717, 1.165) is 0 Å². The van der Waals surface area contributed by atoms with Crippen LogP contribution in [0.5, 0.6) is 5.75 Å². The SMILES string of the molecule is CC(C)(/C=C/C(=O)Nc1ccccc1N)[C@@H](O)c1ccccc1OCCO. The first-order valence-corrected chi connectivity index (χ1v) is 8.70. The van der Waals surface area contributed by atoms with E-state index in [1.165, 1.54) is 6.08 Å². The second-order valence-corrected chi connectivity index (χ2v) is 6.74. The fourth-order valence-electron chi connectivity index (χ4n) is 2.56. The smallest absolute Gasteiger partial charge is 0.248 e. The zero-order chi connectivity index (χ0) is 19.9. The molecule has 0 unspecified atom stereocenters. The van der Waals surface area contributed by atoms with Crippen molar-refractivity contribution in [3.05, 3.63) is 66.2 Å². The summed E-state index contributed by atoms with van der Waals surface area (Å²) in [6.07, 6.45) is 2.13. The van der Waals surface area contributed by atoms with Crippen molar-refractivity contribution >= 4 is 17.3 Å².